The molecule has 1 aliphatic heterocycles. The van der Waals surface area contributed by atoms with Gasteiger partial charge in [0, 0.05) is 73.8 Å². The summed E-state index contributed by atoms with van der Waals surface area (Å²) in [5.41, 5.74) is 18.1. The van der Waals surface area contributed by atoms with Gasteiger partial charge in [0.05, 0.1) is 0 Å². The molecule has 7 heteroatoms. The van der Waals surface area contributed by atoms with E-state index in [1.807, 2.05) is 24.8 Å². The monoisotopic (exact) mass is 716 g/mol. The summed E-state index contributed by atoms with van der Waals surface area (Å²) < 4.78 is 0. The third-order valence-electron chi connectivity index (χ3n) is 10.2. The van der Waals surface area contributed by atoms with Gasteiger partial charge < -0.3 is 4.90 Å². The summed E-state index contributed by atoms with van der Waals surface area (Å²) in [7, 11) is 0. The number of piperidine rings is 1. The zero-order chi connectivity index (χ0) is 32.4. The molecule has 1 fully saturated rings. The number of benzene rings is 3. The van der Waals surface area contributed by atoms with Crippen LogP contribution < -0.4 is 4.90 Å². The molecule has 0 aliphatic carbocycles. The van der Waals surface area contributed by atoms with Gasteiger partial charge in [0.15, 0.2) is 0 Å². The Balaban J connectivity index is 0.00000217. The van der Waals surface area contributed by atoms with E-state index in [0.717, 1.165) is 39.0 Å². The number of nitrogens with zero attached hydrogens (tertiary/aromatic N) is 4. The molecule has 6 rings (SSSR count). The molecule has 5 aromatic rings. The predicted molar refractivity (Wildman–Crippen MR) is 215 cm³/mol. The molecule has 3 heterocycles. The average Bonchev–Trinajstić information content (AvgIpc) is 3.05. The summed E-state index contributed by atoms with van der Waals surface area (Å²) in [5.74, 6) is 0. The minimum atomic E-state index is 0. The summed E-state index contributed by atoms with van der Waals surface area (Å²) in [4.78, 5) is 14.6. The molecule has 0 unspecified atom stereocenters. The zero-order valence-corrected chi connectivity index (χ0v) is 32.4. The molecule has 3 aromatic carbocycles. The van der Waals surface area contributed by atoms with E-state index in [-0.39, 0.29) is 37.2 Å². The van der Waals surface area contributed by atoms with Gasteiger partial charge in [-0.2, -0.15) is 0 Å². The molecule has 0 radical (unpaired) electrons. The predicted octanol–water partition coefficient (Wildman–Crippen LogP) is 10.9. The molecule has 0 N–H and O–H groups in total. The van der Waals surface area contributed by atoms with Crippen molar-refractivity contribution in [3.8, 4) is 22.3 Å². The molecular weight excluding hydrogens is 667 g/mol. The standard InChI is InChI=1S/C42H48N4.3ClH/c1-28-9-8-10-42(15-28)46(27-36-21-40(25-44-23-36)38-18-31(4)34(7)32(5)19-38)41-11-13-45(14-12-41)26-35-20-39(24-43-22-35)37-16-29(2)33(6)30(3)17-37;;;/h8-10,15-25,41H,11-14,26-27H2,1-7H3;3*1H. The number of aromatic nitrogens is 2. The number of pyridine rings is 2. The lowest BCUT2D eigenvalue weighted by atomic mass is 9.96. The second-order valence-electron chi connectivity index (χ2n) is 13.6. The van der Waals surface area contributed by atoms with Gasteiger partial charge in [0.1, 0.15) is 0 Å². The fraction of sp³-hybridized carbons (Fsp3) is 0.333. The number of rotatable bonds is 8. The highest BCUT2D eigenvalue weighted by Crippen LogP contribution is 2.30. The first kappa shape index (κ1) is 40.0. The van der Waals surface area contributed by atoms with Crippen molar-refractivity contribution in [3.05, 3.63) is 136 Å². The van der Waals surface area contributed by atoms with Gasteiger partial charge in [-0.1, -0.05) is 36.4 Å². The van der Waals surface area contributed by atoms with Crippen LogP contribution >= 0.6 is 37.2 Å². The van der Waals surface area contributed by atoms with Gasteiger partial charge >= 0.3 is 0 Å². The van der Waals surface area contributed by atoms with Crippen LogP contribution in [0.5, 0.6) is 0 Å². The fourth-order valence-corrected chi connectivity index (χ4v) is 6.95. The normalized spacial score (nSPS) is 13.2. The molecule has 0 atom stereocenters. The minimum Gasteiger partial charge on any atom is -0.364 e. The molecule has 49 heavy (non-hydrogen) atoms. The number of hydrogen-bond donors (Lipinski definition) is 0. The van der Waals surface area contributed by atoms with Crippen molar-refractivity contribution in [1.29, 1.82) is 0 Å². The fourth-order valence-electron chi connectivity index (χ4n) is 6.95. The van der Waals surface area contributed by atoms with E-state index < -0.39 is 0 Å². The third kappa shape index (κ3) is 9.43. The first-order chi connectivity index (χ1) is 22.1. The number of halogens is 3. The highest BCUT2D eigenvalue weighted by atomic mass is 35.5. The Bertz CT molecular complexity index is 1820. The third-order valence-corrected chi connectivity index (χ3v) is 10.2. The Morgan fingerprint density at radius 3 is 1.59 bits per heavy atom. The number of aryl methyl sites for hydroxylation is 5. The van der Waals surface area contributed by atoms with Gasteiger partial charge in [-0.3, -0.25) is 14.9 Å². The van der Waals surface area contributed by atoms with Crippen LogP contribution in [-0.4, -0.2) is 34.0 Å². The van der Waals surface area contributed by atoms with Crippen molar-refractivity contribution in [1.82, 2.24) is 14.9 Å². The molecule has 0 saturated carbocycles. The Hall–Kier alpha value is -3.41. The molecule has 0 amide bonds. The van der Waals surface area contributed by atoms with E-state index in [1.54, 1.807) is 0 Å². The first-order valence-corrected chi connectivity index (χ1v) is 16.7. The van der Waals surface area contributed by atoms with Crippen LogP contribution in [0.25, 0.3) is 22.3 Å². The van der Waals surface area contributed by atoms with E-state index in [4.69, 9.17) is 4.98 Å². The van der Waals surface area contributed by atoms with Crippen molar-refractivity contribution >= 4 is 42.9 Å². The quantitative estimate of drug-likeness (QED) is 0.160. The average molecular weight is 718 g/mol. The Kier molecular flexibility index (Phi) is 14.3. The summed E-state index contributed by atoms with van der Waals surface area (Å²) in [5, 5.41) is 0. The second kappa shape index (κ2) is 17.5. The van der Waals surface area contributed by atoms with Gasteiger partial charge in [-0.05, 0) is 147 Å². The summed E-state index contributed by atoms with van der Waals surface area (Å²) >= 11 is 0. The van der Waals surface area contributed by atoms with E-state index >= 15 is 0 Å². The molecule has 260 valence electrons. The van der Waals surface area contributed by atoms with Crippen molar-refractivity contribution < 1.29 is 0 Å². The summed E-state index contributed by atoms with van der Waals surface area (Å²) in [6, 6.07) is 23.3. The number of anilines is 1. The lowest BCUT2D eigenvalue weighted by Gasteiger charge is -2.40. The largest absolute Gasteiger partial charge is 0.364 e. The first-order valence-electron chi connectivity index (χ1n) is 16.7. The van der Waals surface area contributed by atoms with Crippen LogP contribution in [0.2, 0.25) is 0 Å². The van der Waals surface area contributed by atoms with Gasteiger partial charge in [0.2, 0.25) is 0 Å². The molecular formula is C42H51Cl3N4. The van der Waals surface area contributed by atoms with Crippen molar-refractivity contribution in [2.75, 3.05) is 18.0 Å². The van der Waals surface area contributed by atoms with Crippen LogP contribution in [0, 0.1) is 48.5 Å². The maximum atomic E-state index is 4.71. The van der Waals surface area contributed by atoms with Crippen LogP contribution in [0.1, 0.15) is 62.9 Å². The Morgan fingerprint density at radius 2 is 1.08 bits per heavy atom. The van der Waals surface area contributed by atoms with E-state index in [0.29, 0.717) is 6.04 Å². The van der Waals surface area contributed by atoms with Crippen molar-refractivity contribution in [3.63, 3.8) is 0 Å². The summed E-state index contributed by atoms with van der Waals surface area (Å²) in [6.45, 7) is 19.3. The molecule has 1 aliphatic rings. The highest BCUT2D eigenvalue weighted by molar-refractivity contribution is 5.86. The number of hydrogen-bond acceptors (Lipinski definition) is 4. The van der Waals surface area contributed by atoms with Crippen LogP contribution in [0.3, 0.4) is 0 Å². The van der Waals surface area contributed by atoms with Gasteiger partial charge in [-0.15, -0.1) is 37.2 Å². The highest BCUT2D eigenvalue weighted by Gasteiger charge is 2.26. The molecule has 2 aromatic heterocycles. The lowest BCUT2D eigenvalue weighted by Crippen LogP contribution is -2.44. The van der Waals surface area contributed by atoms with Crippen molar-refractivity contribution in [2.24, 2.45) is 0 Å². The molecule has 4 nitrogen and oxygen atoms in total. The Labute approximate surface area is 312 Å². The van der Waals surface area contributed by atoms with E-state index in [2.05, 4.69) is 124 Å². The van der Waals surface area contributed by atoms with Crippen LogP contribution in [-0.2, 0) is 13.1 Å². The molecule has 0 spiro atoms. The van der Waals surface area contributed by atoms with Crippen LogP contribution in [0.15, 0.2) is 85.5 Å². The molecule has 0 bridgehead atoms. The maximum Gasteiger partial charge on any atom is 0.0448 e. The number of likely N-dealkylation sites (tertiary alicyclic amines) is 1. The van der Waals surface area contributed by atoms with E-state index in [9.17, 15) is 0 Å². The second-order valence-corrected chi connectivity index (χ2v) is 13.6. The minimum absolute atomic E-state index is 0. The summed E-state index contributed by atoms with van der Waals surface area (Å²) in [6.07, 6.45) is 10.4. The smallest absolute Gasteiger partial charge is 0.0448 e. The van der Waals surface area contributed by atoms with Crippen LogP contribution in [0.4, 0.5) is 5.69 Å². The Morgan fingerprint density at radius 1 is 0.592 bits per heavy atom. The van der Waals surface area contributed by atoms with Gasteiger partial charge in [-0.25, -0.2) is 0 Å². The lowest BCUT2D eigenvalue weighted by molar-refractivity contribution is 0.200. The maximum absolute atomic E-state index is 4.71. The van der Waals surface area contributed by atoms with Gasteiger partial charge in [0.25, 0.3) is 0 Å². The SMILES string of the molecule is Cc1cccc(N(Cc2cncc(-c3cc(C)c(C)c(C)c3)c2)C2CCN(Cc3cncc(-c4cc(C)c(C)c(C)c4)c3)CC2)c1.Cl.Cl.Cl. The molecule has 1 saturated heterocycles. The topological polar surface area (TPSA) is 32.3 Å². The van der Waals surface area contributed by atoms with E-state index in [1.165, 1.54) is 78.0 Å². The van der Waals surface area contributed by atoms with Crippen molar-refractivity contribution in [2.45, 2.75) is 80.4 Å². The zero-order valence-electron chi connectivity index (χ0n) is 29.9.